The van der Waals surface area contributed by atoms with Crippen molar-refractivity contribution in [2.75, 3.05) is 20.8 Å². The van der Waals surface area contributed by atoms with Crippen LogP contribution in [-0.4, -0.2) is 31.6 Å². The summed E-state index contributed by atoms with van der Waals surface area (Å²) in [6, 6.07) is 7.36. The van der Waals surface area contributed by atoms with Gasteiger partial charge in [0.1, 0.15) is 0 Å². The van der Waals surface area contributed by atoms with Gasteiger partial charge in [0, 0.05) is 17.7 Å². The molecule has 9 heteroatoms. The lowest BCUT2D eigenvalue weighted by atomic mass is 10.1. The van der Waals surface area contributed by atoms with E-state index in [1.54, 1.807) is 6.07 Å². The van der Waals surface area contributed by atoms with Gasteiger partial charge in [-0.2, -0.15) is 0 Å². The first-order valence-corrected chi connectivity index (χ1v) is 8.25. The first-order chi connectivity index (χ1) is 12.4. The van der Waals surface area contributed by atoms with Crippen molar-refractivity contribution in [2.24, 2.45) is 0 Å². The summed E-state index contributed by atoms with van der Waals surface area (Å²) < 4.78 is 10.3. The number of rotatable bonds is 7. The van der Waals surface area contributed by atoms with E-state index in [0.717, 1.165) is 0 Å². The Morgan fingerprint density at radius 2 is 1.77 bits per heavy atom. The van der Waals surface area contributed by atoms with Gasteiger partial charge in [-0.3, -0.25) is 14.9 Å². The van der Waals surface area contributed by atoms with Gasteiger partial charge in [-0.1, -0.05) is 23.2 Å². The van der Waals surface area contributed by atoms with Gasteiger partial charge in [0.15, 0.2) is 11.5 Å². The summed E-state index contributed by atoms with van der Waals surface area (Å²) in [5.41, 5.74) is 0.662. The maximum atomic E-state index is 12.1. The number of nitrogens with one attached hydrogen (secondary N) is 1. The van der Waals surface area contributed by atoms with Gasteiger partial charge in [0.25, 0.3) is 11.6 Å². The number of nitro groups is 1. The Kier molecular flexibility index (Phi) is 6.65. The third-order valence-corrected chi connectivity index (χ3v) is 4.38. The summed E-state index contributed by atoms with van der Waals surface area (Å²) in [7, 11) is 2.85. The summed E-state index contributed by atoms with van der Waals surface area (Å²) in [4.78, 5) is 22.9. The SMILES string of the molecule is COc1cc(CCNC(=O)c2ccc(Cl)c(Cl)c2)c([N+](=O)[O-])cc1OC. The van der Waals surface area contributed by atoms with Crippen LogP contribution in [0.3, 0.4) is 0 Å². The van der Waals surface area contributed by atoms with Crippen molar-refractivity contribution >= 4 is 34.8 Å². The topological polar surface area (TPSA) is 90.7 Å². The van der Waals surface area contributed by atoms with Gasteiger partial charge in [0.05, 0.1) is 35.3 Å². The molecule has 0 saturated carbocycles. The zero-order valence-corrected chi connectivity index (χ0v) is 15.6. The number of carbonyl (C=O) groups excluding carboxylic acids is 1. The highest BCUT2D eigenvalue weighted by Crippen LogP contribution is 2.34. The summed E-state index contributed by atoms with van der Waals surface area (Å²) in [5.74, 6) is 0.290. The Labute approximate surface area is 160 Å². The van der Waals surface area contributed by atoms with Crippen molar-refractivity contribution in [3.63, 3.8) is 0 Å². The number of hydrogen-bond donors (Lipinski definition) is 1. The molecule has 2 aromatic rings. The molecule has 0 aromatic heterocycles. The van der Waals surface area contributed by atoms with Gasteiger partial charge < -0.3 is 14.8 Å². The van der Waals surface area contributed by atoms with E-state index in [9.17, 15) is 14.9 Å². The number of carbonyl (C=O) groups is 1. The van der Waals surface area contributed by atoms with Crippen molar-refractivity contribution < 1.29 is 19.2 Å². The normalized spacial score (nSPS) is 10.3. The zero-order valence-electron chi connectivity index (χ0n) is 14.0. The molecule has 2 rings (SSSR count). The third kappa shape index (κ3) is 4.56. The summed E-state index contributed by atoms with van der Waals surface area (Å²) in [6.45, 7) is 0.190. The number of hydrogen-bond acceptors (Lipinski definition) is 5. The minimum atomic E-state index is -0.502. The fourth-order valence-electron chi connectivity index (χ4n) is 2.33. The second-order valence-corrected chi connectivity index (χ2v) is 6.04. The highest BCUT2D eigenvalue weighted by atomic mass is 35.5. The smallest absolute Gasteiger partial charge is 0.276 e. The Bertz CT molecular complexity index is 842. The molecule has 0 radical (unpaired) electrons. The van der Waals surface area contributed by atoms with Gasteiger partial charge in [-0.25, -0.2) is 0 Å². The van der Waals surface area contributed by atoms with Crippen LogP contribution >= 0.6 is 23.2 Å². The molecule has 0 aliphatic rings. The lowest BCUT2D eigenvalue weighted by molar-refractivity contribution is -0.385. The van der Waals surface area contributed by atoms with E-state index < -0.39 is 4.92 Å². The predicted molar refractivity (Wildman–Crippen MR) is 98.7 cm³/mol. The van der Waals surface area contributed by atoms with Gasteiger partial charge in [-0.05, 0) is 30.7 Å². The molecule has 0 saturated heterocycles. The molecular formula is C17H16Cl2N2O5. The van der Waals surface area contributed by atoms with E-state index >= 15 is 0 Å². The van der Waals surface area contributed by atoms with Crippen LogP contribution in [0, 0.1) is 10.1 Å². The molecule has 0 unspecified atom stereocenters. The van der Waals surface area contributed by atoms with E-state index in [-0.39, 0.29) is 35.3 Å². The molecule has 0 atom stereocenters. The van der Waals surface area contributed by atoms with Crippen molar-refractivity contribution in [3.05, 3.63) is 61.6 Å². The number of methoxy groups -OCH3 is 2. The maximum absolute atomic E-state index is 12.1. The van der Waals surface area contributed by atoms with Crippen molar-refractivity contribution in [3.8, 4) is 11.5 Å². The standard InChI is InChI=1S/C17H16Cl2N2O5/c1-25-15-8-10(14(21(23)24)9-16(15)26-2)5-6-20-17(22)11-3-4-12(18)13(19)7-11/h3-4,7-9H,5-6H2,1-2H3,(H,20,22). The number of amides is 1. The van der Waals surface area contributed by atoms with E-state index in [2.05, 4.69) is 5.32 Å². The number of nitrogens with zero attached hydrogens (tertiary/aromatic N) is 1. The molecule has 0 aliphatic carbocycles. The lowest BCUT2D eigenvalue weighted by Crippen LogP contribution is -2.25. The third-order valence-electron chi connectivity index (χ3n) is 3.64. The Hall–Kier alpha value is -2.51. The van der Waals surface area contributed by atoms with Crippen molar-refractivity contribution in [2.45, 2.75) is 6.42 Å². The summed E-state index contributed by atoms with van der Waals surface area (Å²) in [5, 5.41) is 14.6. The van der Waals surface area contributed by atoms with Crippen LogP contribution in [-0.2, 0) is 6.42 Å². The van der Waals surface area contributed by atoms with Crippen LogP contribution in [0.25, 0.3) is 0 Å². The monoisotopic (exact) mass is 398 g/mol. The highest BCUT2D eigenvalue weighted by molar-refractivity contribution is 6.42. The molecule has 1 N–H and O–H groups in total. The van der Waals surface area contributed by atoms with E-state index in [0.29, 0.717) is 21.9 Å². The van der Waals surface area contributed by atoms with E-state index in [1.165, 1.54) is 38.5 Å². The molecule has 0 aliphatic heterocycles. The van der Waals surface area contributed by atoms with Crippen molar-refractivity contribution in [1.82, 2.24) is 5.32 Å². The quantitative estimate of drug-likeness (QED) is 0.564. The first kappa shape index (κ1) is 19.8. The van der Waals surface area contributed by atoms with Gasteiger partial charge in [-0.15, -0.1) is 0 Å². The second-order valence-electron chi connectivity index (χ2n) is 5.23. The predicted octanol–water partition coefficient (Wildman–Crippen LogP) is 3.89. The molecule has 0 bridgehead atoms. The largest absolute Gasteiger partial charge is 0.493 e. The minimum absolute atomic E-state index is 0.105. The van der Waals surface area contributed by atoms with Crippen LogP contribution in [0.1, 0.15) is 15.9 Å². The first-order valence-electron chi connectivity index (χ1n) is 7.50. The molecule has 0 heterocycles. The molecule has 26 heavy (non-hydrogen) atoms. The summed E-state index contributed by atoms with van der Waals surface area (Å²) in [6.07, 6.45) is 0.240. The number of nitro benzene ring substituents is 1. The van der Waals surface area contributed by atoms with Crippen LogP contribution in [0.15, 0.2) is 30.3 Å². The molecular weight excluding hydrogens is 383 g/mol. The van der Waals surface area contributed by atoms with Crippen LogP contribution < -0.4 is 14.8 Å². The Morgan fingerprint density at radius 1 is 1.12 bits per heavy atom. The lowest BCUT2D eigenvalue weighted by Gasteiger charge is -2.11. The molecule has 2 aromatic carbocycles. The molecule has 1 amide bonds. The summed E-state index contributed by atoms with van der Waals surface area (Å²) >= 11 is 11.7. The van der Waals surface area contributed by atoms with E-state index in [4.69, 9.17) is 32.7 Å². The Balaban J connectivity index is 2.12. The van der Waals surface area contributed by atoms with Gasteiger partial charge in [0.2, 0.25) is 0 Å². The average molecular weight is 399 g/mol. The minimum Gasteiger partial charge on any atom is -0.493 e. The number of ether oxygens (including phenoxy) is 2. The molecule has 0 fully saturated rings. The molecule has 7 nitrogen and oxygen atoms in total. The van der Waals surface area contributed by atoms with Crippen LogP contribution in [0.4, 0.5) is 5.69 Å². The second kappa shape index (κ2) is 8.73. The van der Waals surface area contributed by atoms with Crippen LogP contribution in [0.2, 0.25) is 10.0 Å². The zero-order chi connectivity index (χ0) is 19.3. The molecule has 138 valence electrons. The average Bonchev–Trinajstić information content (AvgIpc) is 2.63. The van der Waals surface area contributed by atoms with Crippen LogP contribution in [0.5, 0.6) is 11.5 Å². The molecule has 0 spiro atoms. The Morgan fingerprint density at radius 3 is 2.35 bits per heavy atom. The van der Waals surface area contributed by atoms with Gasteiger partial charge >= 0.3 is 0 Å². The maximum Gasteiger partial charge on any atom is 0.276 e. The number of halogens is 2. The fraction of sp³-hybridized carbons (Fsp3) is 0.235. The van der Waals surface area contributed by atoms with Crippen molar-refractivity contribution in [1.29, 1.82) is 0 Å². The fourth-order valence-corrected chi connectivity index (χ4v) is 2.63. The van der Waals surface area contributed by atoms with E-state index in [1.807, 2.05) is 0 Å². The highest BCUT2D eigenvalue weighted by Gasteiger charge is 2.19. The number of benzene rings is 2.